The van der Waals surface area contributed by atoms with Gasteiger partial charge in [-0.05, 0) is 50.6 Å². The van der Waals surface area contributed by atoms with Crippen molar-refractivity contribution in [2.45, 2.75) is 32.4 Å². The van der Waals surface area contributed by atoms with Gasteiger partial charge in [0.15, 0.2) is 0 Å². The van der Waals surface area contributed by atoms with E-state index in [4.69, 9.17) is 14.2 Å². The lowest BCUT2D eigenvalue weighted by atomic mass is 9.94. The summed E-state index contributed by atoms with van der Waals surface area (Å²) in [5.41, 5.74) is 0.321. The molecule has 0 saturated carbocycles. The number of rotatable bonds is 10. The second-order valence-electron chi connectivity index (χ2n) is 8.18. The molecule has 0 radical (unpaired) electrons. The molecule has 35 heavy (non-hydrogen) atoms. The highest BCUT2D eigenvalue weighted by Gasteiger charge is 2.47. The number of Topliss-reactive ketones (excluding diaryl/α,β-unsaturated/α-hetero) is 1. The Labute approximate surface area is 202 Å². The van der Waals surface area contributed by atoms with Crippen LogP contribution < -0.4 is 9.47 Å². The number of aliphatic hydroxyl groups is 1. The van der Waals surface area contributed by atoms with Gasteiger partial charge in [-0.2, -0.15) is 0 Å². The Morgan fingerprint density at radius 1 is 1.11 bits per heavy atom. The summed E-state index contributed by atoms with van der Waals surface area (Å²) in [7, 11) is 2.95. The van der Waals surface area contributed by atoms with Crippen molar-refractivity contribution in [3.8, 4) is 11.5 Å². The molecule has 186 valence electrons. The summed E-state index contributed by atoms with van der Waals surface area (Å²) in [6, 6.07) is 9.12. The van der Waals surface area contributed by atoms with Crippen LogP contribution in [0.4, 0.5) is 5.69 Å². The summed E-state index contributed by atoms with van der Waals surface area (Å²) in [5, 5.41) is 22.1. The molecule has 10 nitrogen and oxygen atoms in total. The summed E-state index contributed by atoms with van der Waals surface area (Å²) in [6.45, 7) is 4.37. The Hall–Kier alpha value is -3.92. The van der Waals surface area contributed by atoms with Gasteiger partial charge < -0.3 is 24.2 Å². The van der Waals surface area contributed by atoms with E-state index in [1.54, 1.807) is 18.2 Å². The normalized spacial score (nSPS) is 17.2. The monoisotopic (exact) mass is 484 g/mol. The van der Waals surface area contributed by atoms with Crippen molar-refractivity contribution in [2.24, 2.45) is 0 Å². The van der Waals surface area contributed by atoms with Crippen molar-refractivity contribution >= 4 is 23.1 Å². The molecule has 2 aromatic rings. The molecular weight excluding hydrogens is 456 g/mol. The number of nitro benzene ring substituents is 1. The number of hydrogen-bond donors (Lipinski definition) is 1. The lowest BCUT2D eigenvalue weighted by Gasteiger charge is -2.27. The fourth-order valence-corrected chi connectivity index (χ4v) is 3.94. The van der Waals surface area contributed by atoms with E-state index in [2.05, 4.69) is 0 Å². The standard InChI is InChI=1S/C25H28N2O8/c1-15(2)35-13-5-12-26-22(19-14-18(33-3)10-11-20(19)34-4)21(24(29)25(26)30)23(28)16-6-8-17(9-7-16)27(31)32/h6-11,14-15,22,28H,5,12-13H2,1-4H3/t22-/m0/s1. The molecule has 0 aliphatic carbocycles. The molecule has 1 aliphatic rings. The molecule has 1 aliphatic heterocycles. The molecule has 10 heteroatoms. The third-order valence-corrected chi connectivity index (χ3v) is 5.62. The molecule has 0 unspecified atom stereocenters. The first-order chi connectivity index (χ1) is 16.7. The molecule has 1 heterocycles. The summed E-state index contributed by atoms with van der Waals surface area (Å²) in [6.07, 6.45) is 0.479. The maximum absolute atomic E-state index is 13.2. The molecular formula is C25H28N2O8. The molecule has 1 saturated heterocycles. The van der Waals surface area contributed by atoms with E-state index < -0.39 is 28.4 Å². The van der Waals surface area contributed by atoms with Gasteiger partial charge in [0.2, 0.25) is 0 Å². The Bertz CT molecular complexity index is 1140. The van der Waals surface area contributed by atoms with E-state index in [1.807, 2.05) is 13.8 Å². The van der Waals surface area contributed by atoms with Crippen molar-refractivity contribution < 1.29 is 33.8 Å². The fourth-order valence-electron chi connectivity index (χ4n) is 3.94. The third-order valence-electron chi connectivity index (χ3n) is 5.62. The topological polar surface area (TPSA) is 128 Å². The predicted molar refractivity (Wildman–Crippen MR) is 127 cm³/mol. The van der Waals surface area contributed by atoms with E-state index in [0.29, 0.717) is 30.1 Å². The van der Waals surface area contributed by atoms with E-state index >= 15 is 0 Å². The largest absolute Gasteiger partial charge is 0.507 e. The molecule has 0 bridgehead atoms. The van der Waals surface area contributed by atoms with Crippen LogP contribution in [0.1, 0.15) is 37.4 Å². The minimum absolute atomic E-state index is 0.0156. The zero-order valence-corrected chi connectivity index (χ0v) is 20.0. The zero-order valence-electron chi connectivity index (χ0n) is 20.0. The second kappa shape index (κ2) is 11.0. The van der Waals surface area contributed by atoms with Crippen LogP contribution in [0.2, 0.25) is 0 Å². The SMILES string of the molecule is COc1ccc(OC)c([C@H]2C(=C(O)c3ccc([N+](=O)[O-])cc3)C(=O)C(=O)N2CCCOC(C)C)c1. The van der Waals surface area contributed by atoms with Crippen LogP contribution in [0.25, 0.3) is 5.76 Å². The average Bonchev–Trinajstić information content (AvgIpc) is 3.10. The number of methoxy groups -OCH3 is 2. The molecule has 0 spiro atoms. The van der Waals surface area contributed by atoms with Gasteiger partial charge in [0.25, 0.3) is 17.4 Å². The van der Waals surface area contributed by atoms with Crippen LogP contribution in [0.3, 0.4) is 0 Å². The highest BCUT2D eigenvalue weighted by molar-refractivity contribution is 6.46. The number of likely N-dealkylation sites (tertiary alicyclic amines) is 1. The first kappa shape index (κ1) is 25.7. The number of hydrogen-bond acceptors (Lipinski definition) is 8. The van der Waals surface area contributed by atoms with Gasteiger partial charge in [0, 0.05) is 36.4 Å². The first-order valence-electron chi connectivity index (χ1n) is 11.1. The molecule has 2 aromatic carbocycles. The lowest BCUT2D eigenvalue weighted by Crippen LogP contribution is -2.31. The molecule has 1 N–H and O–H groups in total. The highest BCUT2D eigenvalue weighted by Crippen LogP contribution is 2.44. The van der Waals surface area contributed by atoms with Gasteiger partial charge in [0.05, 0.1) is 36.9 Å². The highest BCUT2D eigenvalue weighted by atomic mass is 16.6. The summed E-state index contributed by atoms with van der Waals surface area (Å²) >= 11 is 0. The molecule has 0 aromatic heterocycles. The van der Waals surface area contributed by atoms with Crippen LogP contribution in [0, 0.1) is 10.1 Å². The van der Waals surface area contributed by atoms with E-state index in [9.17, 15) is 24.8 Å². The summed E-state index contributed by atoms with van der Waals surface area (Å²) < 4.78 is 16.4. The van der Waals surface area contributed by atoms with Crippen molar-refractivity contribution in [3.05, 3.63) is 69.3 Å². The Morgan fingerprint density at radius 2 is 1.80 bits per heavy atom. The van der Waals surface area contributed by atoms with Gasteiger partial charge in [0.1, 0.15) is 17.3 Å². The predicted octanol–water partition coefficient (Wildman–Crippen LogP) is 3.85. The number of ketones is 1. The van der Waals surface area contributed by atoms with Crippen molar-refractivity contribution in [3.63, 3.8) is 0 Å². The molecule has 1 fully saturated rings. The van der Waals surface area contributed by atoms with Gasteiger partial charge >= 0.3 is 0 Å². The van der Waals surface area contributed by atoms with Crippen LogP contribution in [-0.2, 0) is 14.3 Å². The summed E-state index contributed by atoms with van der Waals surface area (Å²) in [5.74, 6) is -1.19. The molecule has 1 amide bonds. The van der Waals surface area contributed by atoms with Crippen LogP contribution >= 0.6 is 0 Å². The number of nitrogens with zero attached hydrogens (tertiary/aromatic N) is 2. The quantitative estimate of drug-likeness (QED) is 0.134. The van der Waals surface area contributed by atoms with Crippen molar-refractivity contribution in [2.75, 3.05) is 27.4 Å². The zero-order chi connectivity index (χ0) is 25.7. The van der Waals surface area contributed by atoms with Crippen molar-refractivity contribution in [1.82, 2.24) is 4.90 Å². The van der Waals surface area contributed by atoms with E-state index in [0.717, 1.165) is 0 Å². The number of aliphatic hydroxyl groups excluding tert-OH is 1. The fraction of sp³-hybridized carbons (Fsp3) is 0.360. The van der Waals surface area contributed by atoms with Crippen LogP contribution in [0.15, 0.2) is 48.0 Å². The van der Waals surface area contributed by atoms with Gasteiger partial charge in [-0.1, -0.05) is 0 Å². The second-order valence-corrected chi connectivity index (χ2v) is 8.18. The number of ether oxygens (including phenoxy) is 3. The maximum Gasteiger partial charge on any atom is 0.295 e. The number of benzene rings is 2. The van der Waals surface area contributed by atoms with E-state index in [1.165, 1.54) is 43.4 Å². The van der Waals surface area contributed by atoms with Gasteiger partial charge in [-0.25, -0.2) is 0 Å². The average molecular weight is 485 g/mol. The van der Waals surface area contributed by atoms with Gasteiger partial charge in [-0.3, -0.25) is 19.7 Å². The smallest absolute Gasteiger partial charge is 0.295 e. The van der Waals surface area contributed by atoms with Crippen LogP contribution in [0.5, 0.6) is 11.5 Å². The van der Waals surface area contributed by atoms with Gasteiger partial charge in [-0.15, -0.1) is 0 Å². The maximum atomic E-state index is 13.2. The molecule has 3 rings (SSSR count). The number of amides is 1. The number of nitro groups is 1. The van der Waals surface area contributed by atoms with Crippen LogP contribution in [-0.4, -0.2) is 60.1 Å². The van der Waals surface area contributed by atoms with E-state index in [-0.39, 0.29) is 29.5 Å². The number of carbonyl (C=O) groups is 2. The third kappa shape index (κ3) is 5.43. The Morgan fingerprint density at radius 3 is 2.37 bits per heavy atom. The Balaban J connectivity index is 2.13. The molecule has 1 atom stereocenters. The lowest BCUT2D eigenvalue weighted by molar-refractivity contribution is -0.384. The van der Waals surface area contributed by atoms with Crippen molar-refractivity contribution in [1.29, 1.82) is 0 Å². The number of carbonyl (C=O) groups excluding carboxylic acids is 2. The first-order valence-corrected chi connectivity index (χ1v) is 11.1. The minimum Gasteiger partial charge on any atom is -0.507 e. The minimum atomic E-state index is -0.964. The summed E-state index contributed by atoms with van der Waals surface area (Å²) in [4.78, 5) is 38.1. The number of non-ortho nitro benzene ring substituents is 1. The Kier molecular flexibility index (Phi) is 8.08.